The zero-order chi connectivity index (χ0) is 13.6. The predicted molar refractivity (Wildman–Crippen MR) is 69.5 cm³/mol. The molecule has 0 spiro atoms. The molecule has 4 N–H and O–H groups in total. The number of aliphatic hydroxyl groups excluding tert-OH is 2. The topological polar surface area (TPSA) is 119 Å². The van der Waals surface area contributed by atoms with E-state index in [1.807, 2.05) is 0 Å². The Morgan fingerprint density at radius 2 is 2.21 bits per heavy atom. The number of anilines is 1. The lowest BCUT2D eigenvalue weighted by Gasteiger charge is -2.16. The highest BCUT2D eigenvalue weighted by atomic mass is 79.9. The van der Waals surface area contributed by atoms with Crippen molar-refractivity contribution in [2.45, 2.75) is 23.3 Å². The fraction of sp³-hybridized carbons (Fsp3) is 0.500. The smallest absolute Gasteiger partial charge is 0.167 e. The number of halogens is 1. The summed E-state index contributed by atoms with van der Waals surface area (Å²) < 4.78 is 7.26. The van der Waals surface area contributed by atoms with Crippen molar-refractivity contribution < 1.29 is 14.9 Å². The number of hydrogen-bond donors (Lipinski definition) is 3. The minimum absolute atomic E-state index is 0.260. The maximum atomic E-state index is 9.93. The molecular weight excluding hydrogens is 318 g/mol. The molecule has 19 heavy (non-hydrogen) atoms. The summed E-state index contributed by atoms with van der Waals surface area (Å²) in [4.78, 5) is 11.7. The summed E-state index contributed by atoms with van der Waals surface area (Å²) >= 11 is 3.37. The summed E-state index contributed by atoms with van der Waals surface area (Å²) in [6, 6.07) is 0. The van der Waals surface area contributed by atoms with Crippen LogP contribution in [-0.4, -0.2) is 53.4 Å². The molecule has 8 nitrogen and oxygen atoms in total. The SMILES string of the molecule is Nc1ncnc2c1ncn2[C@@H]1O[C@H](CO)[C@@H](O)[C@@H]1Br. The van der Waals surface area contributed by atoms with E-state index in [4.69, 9.17) is 15.6 Å². The molecule has 1 saturated heterocycles. The van der Waals surface area contributed by atoms with Crippen LogP contribution in [0.1, 0.15) is 6.23 Å². The molecule has 1 aliphatic rings. The lowest BCUT2D eigenvalue weighted by atomic mass is 10.2. The normalized spacial score (nSPS) is 31.1. The Kier molecular flexibility index (Phi) is 3.13. The molecule has 0 radical (unpaired) electrons. The lowest BCUT2D eigenvalue weighted by Crippen LogP contribution is -2.29. The zero-order valence-electron chi connectivity index (χ0n) is 9.72. The van der Waals surface area contributed by atoms with Gasteiger partial charge in [-0.1, -0.05) is 15.9 Å². The van der Waals surface area contributed by atoms with Gasteiger partial charge in [0.25, 0.3) is 0 Å². The summed E-state index contributed by atoms with van der Waals surface area (Å²) in [5.74, 6) is 0.284. The molecule has 2 aromatic heterocycles. The molecule has 2 aromatic rings. The minimum atomic E-state index is -0.813. The molecule has 1 aliphatic heterocycles. The lowest BCUT2D eigenvalue weighted by molar-refractivity contribution is -0.0430. The highest BCUT2D eigenvalue weighted by Gasteiger charge is 2.43. The first-order chi connectivity index (χ1) is 9.13. The molecule has 0 aromatic carbocycles. The van der Waals surface area contributed by atoms with E-state index in [0.717, 1.165) is 0 Å². The number of aromatic nitrogens is 4. The standard InChI is InChI=1S/C10H12BrN5O3/c11-5-7(18)4(1-17)19-10(5)16-3-15-6-8(12)13-2-14-9(6)16/h2-5,7,10,17-18H,1H2,(H2,12,13,14)/t4-,5+,7-,10-/m1/s1. The van der Waals surface area contributed by atoms with Crippen LogP contribution in [0.25, 0.3) is 11.2 Å². The van der Waals surface area contributed by atoms with E-state index in [2.05, 4.69) is 30.9 Å². The maximum absolute atomic E-state index is 9.93. The fourth-order valence-electron chi connectivity index (χ4n) is 2.13. The van der Waals surface area contributed by atoms with Gasteiger partial charge in [-0.2, -0.15) is 0 Å². The van der Waals surface area contributed by atoms with Crippen LogP contribution >= 0.6 is 15.9 Å². The Bertz CT molecular complexity index is 606. The Labute approximate surface area is 116 Å². The zero-order valence-corrected chi connectivity index (χ0v) is 11.3. The summed E-state index contributed by atoms with van der Waals surface area (Å²) in [5.41, 5.74) is 6.72. The van der Waals surface area contributed by atoms with Gasteiger partial charge < -0.3 is 20.7 Å². The number of nitrogens with zero attached hydrogens (tertiary/aromatic N) is 4. The molecule has 0 saturated carbocycles. The molecule has 4 atom stereocenters. The minimum Gasteiger partial charge on any atom is -0.394 e. The predicted octanol–water partition coefficient (Wildman–Crippen LogP) is -0.577. The number of nitrogens with two attached hydrogens (primary N) is 1. The first kappa shape index (κ1) is 12.7. The van der Waals surface area contributed by atoms with E-state index in [0.29, 0.717) is 11.2 Å². The number of hydrogen-bond acceptors (Lipinski definition) is 7. The Morgan fingerprint density at radius 3 is 2.89 bits per heavy atom. The van der Waals surface area contributed by atoms with Crippen LogP contribution in [0.15, 0.2) is 12.7 Å². The third-order valence-electron chi connectivity index (χ3n) is 3.13. The third-order valence-corrected chi connectivity index (χ3v) is 4.13. The maximum Gasteiger partial charge on any atom is 0.167 e. The molecule has 3 heterocycles. The molecule has 102 valence electrons. The Morgan fingerprint density at radius 1 is 1.42 bits per heavy atom. The van der Waals surface area contributed by atoms with Crippen LogP contribution in [0.4, 0.5) is 5.82 Å². The van der Waals surface area contributed by atoms with Gasteiger partial charge in [-0.3, -0.25) is 4.57 Å². The van der Waals surface area contributed by atoms with Gasteiger partial charge in [0.15, 0.2) is 17.7 Å². The van der Waals surface area contributed by atoms with Crippen molar-refractivity contribution in [3.05, 3.63) is 12.7 Å². The summed E-state index contributed by atoms with van der Waals surface area (Å²) in [6.45, 7) is -0.260. The largest absolute Gasteiger partial charge is 0.394 e. The van der Waals surface area contributed by atoms with Gasteiger partial charge >= 0.3 is 0 Å². The van der Waals surface area contributed by atoms with Gasteiger partial charge in [-0.05, 0) is 0 Å². The number of aliphatic hydroxyl groups is 2. The number of rotatable bonds is 2. The van der Waals surface area contributed by atoms with E-state index in [-0.39, 0.29) is 17.3 Å². The molecule has 1 fully saturated rings. The van der Waals surface area contributed by atoms with Gasteiger partial charge in [0.1, 0.15) is 17.9 Å². The van der Waals surface area contributed by atoms with Gasteiger partial charge in [-0.25, -0.2) is 15.0 Å². The van der Waals surface area contributed by atoms with Gasteiger partial charge in [0, 0.05) is 0 Å². The average Bonchev–Trinajstić information content (AvgIpc) is 2.94. The molecule has 0 amide bonds. The van der Waals surface area contributed by atoms with Crippen molar-refractivity contribution in [3.8, 4) is 0 Å². The number of imidazole rings is 1. The number of ether oxygens (including phenoxy) is 1. The molecule has 9 heteroatoms. The van der Waals surface area contributed by atoms with E-state index >= 15 is 0 Å². The van der Waals surface area contributed by atoms with Crippen LogP contribution < -0.4 is 5.73 Å². The van der Waals surface area contributed by atoms with Crippen LogP contribution in [0.3, 0.4) is 0 Å². The monoisotopic (exact) mass is 329 g/mol. The molecule has 3 rings (SSSR count). The first-order valence-corrected chi connectivity index (χ1v) is 6.56. The highest BCUT2D eigenvalue weighted by Crippen LogP contribution is 2.36. The van der Waals surface area contributed by atoms with Crippen molar-refractivity contribution in [3.63, 3.8) is 0 Å². The quantitative estimate of drug-likeness (QED) is 0.630. The highest BCUT2D eigenvalue weighted by molar-refractivity contribution is 9.09. The van der Waals surface area contributed by atoms with Crippen molar-refractivity contribution >= 4 is 32.9 Å². The Balaban J connectivity index is 2.04. The first-order valence-electron chi connectivity index (χ1n) is 5.65. The second-order valence-corrected chi connectivity index (χ2v) is 5.32. The van der Waals surface area contributed by atoms with Crippen LogP contribution in [0.2, 0.25) is 0 Å². The van der Waals surface area contributed by atoms with E-state index < -0.39 is 18.4 Å². The van der Waals surface area contributed by atoms with E-state index in [1.54, 1.807) is 4.57 Å². The van der Waals surface area contributed by atoms with Gasteiger partial charge in [0.2, 0.25) is 0 Å². The second kappa shape index (κ2) is 4.67. The third kappa shape index (κ3) is 1.89. The van der Waals surface area contributed by atoms with Crippen molar-refractivity contribution in [2.24, 2.45) is 0 Å². The molecule has 0 unspecified atom stereocenters. The summed E-state index contributed by atoms with van der Waals surface area (Å²) in [7, 11) is 0. The molecule has 0 aliphatic carbocycles. The average molecular weight is 330 g/mol. The number of fused-ring (bicyclic) bond motifs is 1. The molecule has 0 bridgehead atoms. The van der Waals surface area contributed by atoms with Crippen molar-refractivity contribution in [2.75, 3.05) is 12.3 Å². The number of nitrogen functional groups attached to an aromatic ring is 1. The second-order valence-electron chi connectivity index (χ2n) is 4.27. The number of alkyl halides is 1. The molecular formula is C10H12BrN5O3. The van der Waals surface area contributed by atoms with Crippen LogP contribution in [-0.2, 0) is 4.74 Å². The fourth-order valence-corrected chi connectivity index (χ4v) is 2.85. The van der Waals surface area contributed by atoms with E-state index in [1.165, 1.54) is 12.7 Å². The summed E-state index contributed by atoms with van der Waals surface area (Å²) in [6.07, 6.45) is 0.888. The summed E-state index contributed by atoms with van der Waals surface area (Å²) in [5, 5.41) is 19.1. The Hall–Kier alpha value is -1.29. The van der Waals surface area contributed by atoms with Crippen LogP contribution in [0, 0.1) is 0 Å². The van der Waals surface area contributed by atoms with Crippen LogP contribution in [0.5, 0.6) is 0 Å². The van der Waals surface area contributed by atoms with E-state index in [9.17, 15) is 5.11 Å². The van der Waals surface area contributed by atoms with Gasteiger partial charge in [-0.15, -0.1) is 0 Å². The van der Waals surface area contributed by atoms with Crippen molar-refractivity contribution in [1.29, 1.82) is 0 Å². The van der Waals surface area contributed by atoms with Crippen molar-refractivity contribution in [1.82, 2.24) is 19.5 Å². The van der Waals surface area contributed by atoms with Gasteiger partial charge in [0.05, 0.1) is 23.9 Å².